The first kappa shape index (κ1) is 12.6. The van der Waals surface area contributed by atoms with Crippen LogP contribution in [0.1, 0.15) is 31.3 Å². The molecule has 1 aromatic heterocycles. The van der Waals surface area contributed by atoms with Gasteiger partial charge in [0, 0.05) is 12.2 Å². The molecule has 100 valence electrons. The maximum atomic E-state index is 13.4. The summed E-state index contributed by atoms with van der Waals surface area (Å²) >= 11 is 5.63. The van der Waals surface area contributed by atoms with Crippen LogP contribution in [0.5, 0.6) is 0 Å². The zero-order chi connectivity index (χ0) is 13.2. The predicted octanol–water partition coefficient (Wildman–Crippen LogP) is 3.77. The molecule has 1 aliphatic heterocycles. The number of ether oxygens (including phenoxy) is 1. The van der Waals surface area contributed by atoms with Crippen LogP contribution in [0.25, 0.3) is 11.5 Å². The van der Waals surface area contributed by atoms with Crippen molar-refractivity contribution in [1.29, 1.82) is 0 Å². The van der Waals surface area contributed by atoms with Gasteiger partial charge in [0.25, 0.3) is 0 Å². The highest BCUT2D eigenvalue weighted by molar-refractivity contribution is 6.30. The summed E-state index contributed by atoms with van der Waals surface area (Å²) in [5, 5.41) is 7.97. The monoisotopic (exact) mass is 282 g/mol. The molecule has 0 aliphatic carbocycles. The lowest BCUT2D eigenvalue weighted by atomic mass is 10.1. The molecular formula is C13H12ClFN2O2. The number of nitrogens with zero attached hydrogens (tertiary/aromatic N) is 2. The van der Waals surface area contributed by atoms with E-state index in [4.69, 9.17) is 20.8 Å². The van der Waals surface area contributed by atoms with Crippen LogP contribution in [0.3, 0.4) is 0 Å². The normalized spacial score (nSPS) is 19.6. The third kappa shape index (κ3) is 2.62. The van der Waals surface area contributed by atoms with Crippen LogP contribution in [-0.2, 0) is 4.74 Å². The lowest BCUT2D eigenvalue weighted by Gasteiger charge is -2.18. The Morgan fingerprint density at radius 1 is 1.26 bits per heavy atom. The minimum absolute atomic E-state index is 0.0686. The minimum atomic E-state index is -0.507. The summed E-state index contributed by atoms with van der Waals surface area (Å²) in [4.78, 5) is 0. The molecule has 19 heavy (non-hydrogen) atoms. The molecule has 0 amide bonds. The first-order chi connectivity index (χ1) is 9.24. The van der Waals surface area contributed by atoms with Gasteiger partial charge in [0.05, 0.1) is 5.02 Å². The van der Waals surface area contributed by atoms with Crippen LogP contribution in [0.15, 0.2) is 22.6 Å². The zero-order valence-electron chi connectivity index (χ0n) is 10.1. The van der Waals surface area contributed by atoms with Crippen molar-refractivity contribution in [2.24, 2.45) is 0 Å². The largest absolute Gasteiger partial charge is 0.418 e. The number of halogens is 2. The van der Waals surface area contributed by atoms with Gasteiger partial charge in [-0.2, -0.15) is 0 Å². The second kappa shape index (κ2) is 5.27. The van der Waals surface area contributed by atoms with Crippen LogP contribution in [0, 0.1) is 5.82 Å². The highest BCUT2D eigenvalue weighted by Gasteiger charge is 2.22. The van der Waals surface area contributed by atoms with Crippen LogP contribution >= 0.6 is 11.6 Å². The van der Waals surface area contributed by atoms with Gasteiger partial charge in [-0.05, 0) is 37.5 Å². The van der Waals surface area contributed by atoms with Crippen molar-refractivity contribution >= 4 is 11.6 Å². The number of rotatable bonds is 2. The highest BCUT2D eigenvalue weighted by Crippen LogP contribution is 2.29. The van der Waals surface area contributed by atoms with Crippen LogP contribution in [0.4, 0.5) is 4.39 Å². The molecule has 1 aliphatic rings. The lowest BCUT2D eigenvalue weighted by Crippen LogP contribution is -2.11. The van der Waals surface area contributed by atoms with Crippen molar-refractivity contribution in [1.82, 2.24) is 10.2 Å². The molecule has 1 atom stereocenters. The molecular weight excluding hydrogens is 271 g/mol. The van der Waals surface area contributed by atoms with Crippen molar-refractivity contribution < 1.29 is 13.5 Å². The fourth-order valence-electron chi connectivity index (χ4n) is 2.05. The van der Waals surface area contributed by atoms with Crippen molar-refractivity contribution in [2.45, 2.75) is 25.4 Å². The maximum Gasteiger partial charge on any atom is 0.247 e. The Morgan fingerprint density at radius 2 is 2.16 bits per heavy atom. The first-order valence-electron chi connectivity index (χ1n) is 6.14. The van der Waals surface area contributed by atoms with E-state index in [9.17, 15) is 4.39 Å². The van der Waals surface area contributed by atoms with Gasteiger partial charge >= 0.3 is 0 Å². The van der Waals surface area contributed by atoms with Gasteiger partial charge in [-0.15, -0.1) is 10.2 Å². The predicted molar refractivity (Wildman–Crippen MR) is 67.2 cm³/mol. The second-order valence-electron chi connectivity index (χ2n) is 4.43. The van der Waals surface area contributed by atoms with Crippen molar-refractivity contribution in [3.8, 4) is 11.5 Å². The summed E-state index contributed by atoms with van der Waals surface area (Å²) in [5.41, 5.74) is 0.511. The summed E-state index contributed by atoms with van der Waals surface area (Å²) in [6.45, 7) is 0.706. The Bertz CT molecular complexity index is 582. The van der Waals surface area contributed by atoms with E-state index >= 15 is 0 Å². The van der Waals surface area contributed by atoms with Gasteiger partial charge < -0.3 is 9.15 Å². The van der Waals surface area contributed by atoms with E-state index < -0.39 is 5.82 Å². The molecule has 0 radical (unpaired) electrons. The molecule has 2 aromatic rings. The van der Waals surface area contributed by atoms with Crippen molar-refractivity contribution in [3.05, 3.63) is 34.9 Å². The fraction of sp³-hybridized carbons (Fsp3) is 0.385. The Labute approximate surface area is 114 Å². The standard InChI is InChI=1S/C13H12ClFN2O2/c14-9-5-4-8(7-10(9)15)12-16-17-13(19-12)11-3-1-2-6-18-11/h4-5,7,11H,1-3,6H2. The second-order valence-corrected chi connectivity index (χ2v) is 4.84. The van der Waals surface area contributed by atoms with Gasteiger partial charge in [-0.3, -0.25) is 0 Å². The molecule has 1 fully saturated rings. The average molecular weight is 283 g/mol. The number of hydrogen-bond donors (Lipinski definition) is 0. The molecule has 3 rings (SSSR count). The molecule has 1 saturated heterocycles. The molecule has 0 bridgehead atoms. The molecule has 0 N–H and O–H groups in total. The summed E-state index contributed by atoms with van der Waals surface area (Å²) in [7, 11) is 0. The Morgan fingerprint density at radius 3 is 2.89 bits per heavy atom. The van der Waals surface area contributed by atoms with E-state index in [1.165, 1.54) is 12.1 Å². The molecule has 0 spiro atoms. The fourth-order valence-corrected chi connectivity index (χ4v) is 2.16. The van der Waals surface area contributed by atoms with Gasteiger partial charge in [0.2, 0.25) is 11.8 Å². The molecule has 0 saturated carbocycles. The first-order valence-corrected chi connectivity index (χ1v) is 6.52. The Balaban J connectivity index is 1.85. The third-order valence-corrected chi connectivity index (χ3v) is 3.37. The van der Waals surface area contributed by atoms with Crippen LogP contribution in [-0.4, -0.2) is 16.8 Å². The molecule has 6 heteroatoms. The summed E-state index contributed by atoms with van der Waals surface area (Å²) in [5.74, 6) is 0.220. The zero-order valence-corrected chi connectivity index (χ0v) is 10.9. The summed E-state index contributed by atoms with van der Waals surface area (Å²) in [6.07, 6.45) is 2.86. The molecule has 2 heterocycles. The van der Waals surface area contributed by atoms with Crippen LogP contribution in [0.2, 0.25) is 5.02 Å². The Kier molecular flexibility index (Phi) is 3.48. The third-order valence-electron chi connectivity index (χ3n) is 3.06. The van der Waals surface area contributed by atoms with E-state index in [1.54, 1.807) is 6.07 Å². The molecule has 1 aromatic carbocycles. The lowest BCUT2D eigenvalue weighted by molar-refractivity contribution is -0.00126. The summed E-state index contributed by atoms with van der Waals surface area (Å²) < 4.78 is 24.5. The van der Waals surface area contributed by atoms with E-state index in [-0.39, 0.29) is 17.0 Å². The SMILES string of the molecule is Fc1cc(-c2nnc(C3CCCCO3)o2)ccc1Cl. The minimum Gasteiger partial charge on any atom is -0.418 e. The average Bonchev–Trinajstić information content (AvgIpc) is 2.93. The Hall–Kier alpha value is -1.46. The van der Waals surface area contributed by atoms with E-state index in [2.05, 4.69) is 10.2 Å². The van der Waals surface area contributed by atoms with Gasteiger partial charge in [-0.1, -0.05) is 11.6 Å². The van der Waals surface area contributed by atoms with Crippen molar-refractivity contribution in [3.63, 3.8) is 0 Å². The quantitative estimate of drug-likeness (QED) is 0.841. The topological polar surface area (TPSA) is 48.2 Å². The maximum absolute atomic E-state index is 13.4. The van der Waals surface area contributed by atoms with E-state index in [0.29, 0.717) is 18.1 Å². The number of hydrogen-bond acceptors (Lipinski definition) is 4. The highest BCUT2D eigenvalue weighted by atomic mass is 35.5. The van der Waals surface area contributed by atoms with E-state index in [1.807, 2.05) is 0 Å². The molecule has 1 unspecified atom stereocenters. The number of benzene rings is 1. The number of aromatic nitrogens is 2. The van der Waals surface area contributed by atoms with Gasteiger partial charge in [0.1, 0.15) is 11.9 Å². The summed E-state index contributed by atoms with van der Waals surface area (Å²) in [6, 6.07) is 4.39. The van der Waals surface area contributed by atoms with Gasteiger partial charge in [0.15, 0.2) is 0 Å². The van der Waals surface area contributed by atoms with Crippen LogP contribution < -0.4 is 0 Å². The van der Waals surface area contributed by atoms with Gasteiger partial charge in [-0.25, -0.2) is 4.39 Å². The smallest absolute Gasteiger partial charge is 0.247 e. The van der Waals surface area contributed by atoms with Crippen molar-refractivity contribution in [2.75, 3.05) is 6.61 Å². The van der Waals surface area contributed by atoms with E-state index in [0.717, 1.165) is 19.3 Å². The molecule has 4 nitrogen and oxygen atoms in total.